The molecule has 0 unspecified atom stereocenters. The van der Waals surface area contributed by atoms with Crippen LogP contribution in [0.4, 0.5) is 19.3 Å². The minimum Gasteiger partial charge on any atom is -0.435 e. The van der Waals surface area contributed by atoms with Gasteiger partial charge in [-0.1, -0.05) is 30.3 Å². The smallest absolute Gasteiger partial charge is 0.387 e. The number of ether oxygens (including phenoxy) is 1. The minimum absolute atomic E-state index is 0.0308. The van der Waals surface area contributed by atoms with E-state index in [1.54, 1.807) is 4.90 Å². The average molecular weight is 374 g/mol. The maximum atomic E-state index is 12.5. The molecule has 1 saturated heterocycles. The molecule has 0 aliphatic carbocycles. The van der Waals surface area contributed by atoms with Crippen molar-refractivity contribution in [1.82, 2.24) is 4.90 Å². The fraction of sp³-hybridized carbons (Fsp3) is 0.300. The predicted octanol–water partition coefficient (Wildman–Crippen LogP) is 4.41. The second-order valence-corrected chi connectivity index (χ2v) is 6.32. The van der Waals surface area contributed by atoms with Crippen LogP contribution in [0.1, 0.15) is 23.2 Å². The van der Waals surface area contributed by atoms with E-state index in [0.717, 1.165) is 0 Å². The van der Waals surface area contributed by atoms with Crippen LogP contribution in [0.3, 0.4) is 0 Å². The number of hydrogen-bond donors (Lipinski definition) is 1. The number of alkyl halides is 2. The molecule has 0 saturated carbocycles. The molecule has 27 heavy (non-hydrogen) atoms. The summed E-state index contributed by atoms with van der Waals surface area (Å²) in [7, 11) is 0. The topological polar surface area (TPSA) is 58.6 Å². The molecule has 1 fully saturated rings. The highest BCUT2D eigenvalue weighted by Crippen LogP contribution is 2.23. The monoisotopic (exact) mass is 374 g/mol. The average Bonchev–Trinajstić information content (AvgIpc) is 2.69. The van der Waals surface area contributed by atoms with Gasteiger partial charge < -0.3 is 15.0 Å². The van der Waals surface area contributed by atoms with Crippen molar-refractivity contribution >= 4 is 17.5 Å². The van der Waals surface area contributed by atoms with Gasteiger partial charge in [-0.2, -0.15) is 8.78 Å². The number of piperidine rings is 1. The highest BCUT2D eigenvalue weighted by atomic mass is 19.3. The Bertz CT molecular complexity index is 774. The molecule has 7 heteroatoms. The SMILES string of the molecule is O=C(c1ccccc1)C1CCN(C(=O)Nc2ccc(OC(F)F)cc2)CC1. The molecule has 0 atom stereocenters. The summed E-state index contributed by atoms with van der Waals surface area (Å²) in [5.74, 6) is 0.0655. The number of amides is 2. The summed E-state index contributed by atoms with van der Waals surface area (Å²) in [5, 5.41) is 2.73. The summed E-state index contributed by atoms with van der Waals surface area (Å²) in [6.45, 7) is -1.91. The predicted molar refractivity (Wildman–Crippen MR) is 97.2 cm³/mol. The lowest BCUT2D eigenvalue weighted by Gasteiger charge is -2.31. The summed E-state index contributed by atoms with van der Waals surface area (Å²) in [6, 6.07) is 14.6. The quantitative estimate of drug-likeness (QED) is 0.789. The number of benzene rings is 2. The third kappa shape index (κ3) is 5.03. The van der Waals surface area contributed by atoms with Crippen molar-refractivity contribution in [2.24, 2.45) is 5.92 Å². The number of ketones is 1. The fourth-order valence-electron chi connectivity index (χ4n) is 3.11. The largest absolute Gasteiger partial charge is 0.435 e. The molecule has 1 heterocycles. The Morgan fingerprint density at radius 2 is 1.63 bits per heavy atom. The molecule has 2 amide bonds. The number of carbonyl (C=O) groups excluding carboxylic acids is 2. The van der Waals surface area contributed by atoms with Crippen molar-refractivity contribution in [3.05, 3.63) is 60.2 Å². The van der Waals surface area contributed by atoms with Crippen LogP contribution in [-0.4, -0.2) is 36.4 Å². The fourth-order valence-corrected chi connectivity index (χ4v) is 3.11. The highest BCUT2D eigenvalue weighted by molar-refractivity contribution is 5.98. The molecule has 3 rings (SSSR count). The van der Waals surface area contributed by atoms with E-state index in [-0.39, 0.29) is 23.5 Å². The maximum Gasteiger partial charge on any atom is 0.387 e. The van der Waals surface area contributed by atoms with Gasteiger partial charge in [-0.25, -0.2) is 4.79 Å². The third-order valence-electron chi connectivity index (χ3n) is 4.54. The van der Waals surface area contributed by atoms with Crippen LogP contribution in [0, 0.1) is 5.92 Å². The molecule has 0 radical (unpaired) electrons. The molecule has 1 N–H and O–H groups in total. The van der Waals surface area contributed by atoms with E-state index in [9.17, 15) is 18.4 Å². The zero-order chi connectivity index (χ0) is 19.2. The van der Waals surface area contributed by atoms with Crippen molar-refractivity contribution in [3.8, 4) is 5.75 Å². The van der Waals surface area contributed by atoms with Crippen molar-refractivity contribution in [2.75, 3.05) is 18.4 Å². The molecule has 142 valence electrons. The van der Waals surface area contributed by atoms with Crippen LogP contribution in [0.2, 0.25) is 0 Å². The summed E-state index contributed by atoms with van der Waals surface area (Å²) in [5.41, 5.74) is 1.19. The Balaban J connectivity index is 1.50. The van der Waals surface area contributed by atoms with Crippen LogP contribution in [0.5, 0.6) is 5.75 Å². The van der Waals surface area contributed by atoms with E-state index < -0.39 is 6.61 Å². The first-order valence-electron chi connectivity index (χ1n) is 8.73. The van der Waals surface area contributed by atoms with Crippen molar-refractivity contribution in [3.63, 3.8) is 0 Å². The van der Waals surface area contributed by atoms with Gasteiger partial charge in [0.05, 0.1) is 0 Å². The van der Waals surface area contributed by atoms with E-state index in [4.69, 9.17) is 0 Å². The minimum atomic E-state index is -2.88. The van der Waals surface area contributed by atoms with E-state index in [1.807, 2.05) is 30.3 Å². The lowest BCUT2D eigenvalue weighted by molar-refractivity contribution is -0.0498. The number of anilines is 1. The lowest BCUT2D eigenvalue weighted by atomic mass is 9.89. The molecule has 0 aromatic heterocycles. The lowest BCUT2D eigenvalue weighted by Crippen LogP contribution is -2.42. The Morgan fingerprint density at radius 3 is 2.22 bits per heavy atom. The Labute approximate surface area is 155 Å². The first-order valence-corrected chi connectivity index (χ1v) is 8.73. The van der Waals surface area contributed by atoms with Crippen molar-refractivity contribution in [1.29, 1.82) is 0 Å². The molecule has 1 aliphatic heterocycles. The molecule has 0 spiro atoms. The van der Waals surface area contributed by atoms with Gasteiger partial charge in [0.15, 0.2) is 5.78 Å². The van der Waals surface area contributed by atoms with Gasteiger partial charge in [0.25, 0.3) is 0 Å². The number of Topliss-reactive ketones (excluding diaryl/α,β-unsaturated/α-hetero) is 1. The van der Waals surface area contributed by atoms with Gasteiger partial charge in [-0.15, -0.1) is 0 Å². The normalized spacial score (nSPS) is 14.9. The number of nitrogens with one attached hydrogen (secondary N) is 1. The number of urea groups is 1. The molecular formula is C20H20F2N2O3. The molecule has 2 aromatic carbocycles. The molecule has 2 aromatic rings. The van der Waals surface area contributed by atoms with Crippen LogP contribution < -0.4 is 10.1 Å². The number of nitrogens with zero attached hydrogens (tertiary/aromatic N) is 1. The van der Waals surface area contributed by atoms with E-state index in [1.165, 1.54) is 24.3 Å². The van der Waals surface area contributed by atoms with Gasteiger partial charge >= 0.3 is 12.6 Å². The number of likely N-dealkylation sites (tertiary alicyclic amines) is 1. The van der Waals surface area contributed by atoms with Gasteiger partial charge in [0.2, 0.25) is 0 Å². The standard InChI is InChI=1S/C20H20F2N2O3/c21-19(22)27-17-8-6-16(7-9-17)23-20(26)24-12-10-15(11-13-24)18(25)14-4-2-1-3-5-14/h1-9,15,19H,10-13H2,(H,23,26). The van der Waals surface area contributed by atoms with Crippen LogP contribution in [0.15, 0.2) is 54.6 Å². The Hall–Kier alpha value is -2.96. The van der Waals surface area contributed by atoms with E-state index in [2.05, 4.69) is 10.1 Å². The molecule has 0 bridgehead atoms. The molecular weight excluding hydrogens is 354 g/mol. The number of carbonyl (C=O) groups is 2. The Kier molecular flexibility index (Phi) is 6.01. The maximum absolute atomic E-state index is 12.5. The second kappa shape index (κ2) is 8.62. The van der Waals surface area contributed by atoms with Crippen LogP contribution in [0.25, 0.3) is 0 Å². The first-order chi connectivity index (χ1) is 13.0. The molecule has 5 nitrogen and oxygen atoms in total. The second-order valence-electron chi connectivity index (χ2n) is 6.32. The van der Waals surface area contributed by atoms with Crippen LogP contribution >= 0.6 is 0 Å². The molecule has 1 aliphatic rings. The van der Waals surface area contributed by atoms with E-state index >= 15 is 0 Å². The van der Waals surface area contributed by atoms with Gasteiger partial charge in [-0.3, -0.25) is 4.79 Å². The third-order valence-corrected chi connectivity index (χ3v) is 4.54. The zero-order valence-electron chi connectivity index (χ0n) is 14.6. The van der Waals surface area contributed by atoms with Gasteiger partial charge in [-0.05, 0) is 37.1 Å². The summed E-state index contributed by atoms with van der Waals surface area (Å²) < 4.78 is 28.6. The highest BCUT2D eigenvalue weighted by Gasteiger charge is 2.27. The van der Waals surface area contributed by atoms with Crippen molar-refractivity contribution in [2.45, 2.75) is 19.5 Å². The summed E-state index contributed by atoms with van der Waals surface area (Å²) in [6.07, 6.45) is 1.23. The number of hydrogen-bond acceptors (Lipinski definition) is 3. The van der Waals surface area contributed by atoms with Crippen molar-refractivity contribution < 1.29 is 23.1 Å². The summed E-state index contributed by atoms with van der Waals surface area (Å²) in [4.78, 5) is 26.5. The van der Waals surface area contributed by atoms with E-state index in [0.29, 0.717) is 37.2 Å². The van der Waals surface area contributed by atoms with Gasteiger partial charge in [0, 0.05) is 30.3 Å². The number of halogens is 2. The zero-order valence-corrected chi connectivity index (χ0v) is 14.6. The number of rotatable bonds is 5. The summed E-state index contributed by atoms with van der Waals surface area (Å²) >= 11 is 0. The Morgan fingerprint density at radius 1 is 1.00 bits per heavy atom. The van der Waals surface area contributed by atoms with Gasteiger partial charge in [0.1, 0.15) is 5.75 Å². The van der Waals surface area contributed by atoms with Crippen LogP contribution in [-0.2, 0) is 0 Å². The first kappa shape index (κ1) is 18.8.